The monoisotopic (exact) mass is 829 g/mol. The van der Waals surface area contributed by atoms with E-state index in [1.807, 2.05) is 50.2 Å². The van der Waals surface area contributed by atoms with Crippen LogP contribution in [0.3, 0.4) is 0 Å². The molecule has 4 rings (SSSR count). The van der Waals surface area contributed by atoms with E-state index in [1.54, 1.807) is 45.5 Å². The third kappa shape index (κ3) is 11.1. The molecular formula is C43H67N5O11. The van der Waals surface area contributed by atoms with Crippen LogP contribution in [-0.2, 0) is 51.0 Å². The predicted molar refractivity (Wildman–Crippen MR) is 218 cm³/mol. The molecule has 0 radical (unpaired) electrons. The van der Waals surface area contributed by atoms with E-state index in [0.29, 0.717) is 12.1 Å². The van der Waals surface area contributed by atoms with Crippen molar-refractivity contribution in [3.63, 3.8) is 0 Å². The van der Waals surface area contributed by atoms with E-state index in [2.05, 4.69) is 22.6 Å². The number of aliphatic hydroxyl groups is 2. The lowest BCUT2D eigenvalue weighted by Gasteiger charge is -2.47. The minimum atomic E-state index is -2.08. The number of aliphatic hydroxyl groups excluding tert-OH is 1. The van der Waals surface area contributed by atoms with E-state index >= 15 is 0 Å². The summed E-state index contributed by atoms with van der Waals surface area (Å²) in [5, 5.41) is 34.6. The van der Waals surface area contributed by atoms with Crippen molar-refractivity contribution >= 4 is 23.6 Å². The molecule has 0 unspecified atom stereocenters. The summed E-state index contributed by atoms with van der Waals surface area (Å²) in [6.07, 6.45) is -4.02. The summed E-state index contributed by atoms with van der Waals surface area (Å²) in [4.78, 5) is 57.7. The summed E-state index contributed by atoms with van der Waals surface area (Å²) >= 11 is 0. The number of alkyl carbamates (subject to hydrolysis) is 1. The number of hydrogen-bond donors (Lipinski definition) is 3. The Bertz CT molecular complexity index is 1730. The minimum Gasteiger partial charge on any atom is -0.459 e. The number of nitrogens with one attached hydrogen (secondary N) is 1. The Morgan fingerprint density at radius 2 is 1.66 bits per heavy atom. The van der Waals surface area contributed by atoms with Gasteiger partial charge in [0.1, 0.15) is 41.3 Å². The molecule has 16 nitrogen and oxygen atoms in total. The van der Waals surface area contributed by atoms with Crippen LogP contribution in [0.5, 0.6) is 0 Å². The van der Waals surface area contributed by atoms with Crippen LogP contribution in [0.15, 0.2) is 30.5 Å². The molecule has 1 aromatic carbocycles. The van der Waals surface area contributed by atoms with E-state index in [-0.39, 0.29) is 43.9 Å². The first-order chi connectivity index (χ1) is 27.7. The number of aryl methyl sites for hydroxylation is 1. The first kappa shape index (κ1) is 47.9. The first-order valence-electron chi connectivity index (χ1n) is 20.8. The smallest absolute Gasteiger partial charge is 0.407 e. The van der Waals surface area contributed by atoms with Gasteiger partial charge in [0.05, 0.1) is 36.5 Å². The highest BCUT2D eigenvalue weighted by atomic mass is 16.7. The van der Waals surface area contributed by atoms with Gasteiger partial charge in [0.25, 0.3) is 0 Å². The van der Waals surface area contributed by atoms with Crippen molar-refractivity contribution in [1.82, 2.24) is 25.2 Å². The minimum absolute atomic E-state index is 0.0180. The number of ketones is 2. The van der Waals surface area contributed by atoms with Gasteiger partial charge in [0.2, 0.25) is 0 Å². The fourth-order valence-corrected chi connectivity index (χ4v) is 8.52. The lowest BCUT2D eigenvalue weighted by Crippen LogP contribution is -2.60. The molecule has 0 saturated carbocycles. The van der Waals surface area contributed by atoms with Crippen molar-refractivity contribution in [3.05, 3.63) is 36.0 Å². The molecule has 3 N–H and O–H groups in total. The third-order valence-electron chi connectivity index (χ3n) is 12.3. The van der Waals surface area contributed by atoms with Gasteiger partial charge >= 0.3 is 12.1 Å². The number of likely N-dealkylation sites (N-methyl/N-ethyl adjacent to an activating group) is 1. The average Bonchev–Trinajstić information content (AvgIpc) is 3.68. The lowest BCUT2D eigenvalue weighted by molar-refractivity contribution is -0.295. The number of nitrogens with zero attached hydrogens (tertiary/aromatic N) is 4. The second-order valence-electron chi connectivity index (χ2n) is 17.1. The fraction of sp³-hybridized carbons (Fsp3) is 0.721. The Labute approximate surface area is 348 Å². The van der Waals surface area contributed by atoms with Crippen molar-refractivity contribution in [2.24, 2.45) is 23.7 Å². The topological polar surface area (TPSA) is 201 Å². The largest absolute Gasteiger partial charge is 0.459 e. The number of benzene rings is 1. The number of amides is 1. The fourth-order valence-electron chi connectivity index (χ4n) is 8.52. The van der Waals surface area contributed by atoms with Crippen LogP contribution in [-0.4, -0.2) is 136 Å². The van der Waals surface area contributed by atoms with Crippen LogP contribution >= 0.6 is 0 Å². The van der Waals surface area contributed by atoms with Crippen LogP contribution in [0.1, 0.15) is 87.1 Å². The molecule has 16 heteroatoms. The summed E-state index contributed by atoms with van der Waals surface area (Å²) < 4.78 is 32.1. The quantitative estimate of drug-likeness (QED) is 0.217. The molecule has 13 atom stereocenters. The highest BCUT2D eigenvalue weighted by Crippen LogP contribution is 2.39. The summed E-state index contributed by atoms with van der Waals surface area (Å²) in [6, 6.07) is 7.71. The SMILES string of the molecule is CCc1ccc(-c2cn(CCNC(=O)O[C@@H]3[C@@H](C)C(=O)[C@H](C)C[C@@](C)(OC)[C@H](O[C@H]4O[C@@H](C)C[C@@H](N(C)C)[C@@H]4O)[C@@H](C)C(=O)[C@@H](C)C(=O)O[C@H](CC)[C@@]3(C)O)nn2)cc1. The Morgan fingerprint density at radius 3 is 2.25 bits per heavy atom. The van der Waals surface area contributed by atoms with Gasteiger partial charge in [-0.05, 0) is 73.0 Å². The molecule has 2 aliphatic heterocycles. The molecule has 2 aromatic rings. The summed E-state index contributed by atoms with van der Waals surface area (Å²) in [7, 11) is 5.14. The second-order valence-corrected chi connectivity index (χ2v) is 17.1. The van der Waals surface area contributed by atoms with Gasteiger partial charge in [-0.2, -0.15) is 0 Å². The molecular weight excluding hydrogens is 762 g/mol. The van der Waals surface area contributed by atoms with Crippen molar-refractivity contribution in [2.75, 3.05) is 27.7 Å². The number of methoxy groups -OCH3 is 1. The Hall–Kier alpha value is -3.80. The molecule has 1 aromatic heterocycles. The van der Waals surface area contributed by atoms with Crippen LogP contribution < -0.4 is 5.32 Å². The van der Waals surface area contributed by atoms with Gasteiger partial charge in [-0.3, -0.25) is 19.1 Å². The summed E-state index contributed by atoms with van der Waals surface area (Å²) in [5.41, 5.74) is -0.642. The van der Waals surface area contributed by atoms with Crippen molar-refractivity contribution in [2.45, 2.75) is 149 Å². The van der Waals surface area contributed by atoms with Gasteiger partial charge in [0, 0.05) is 37.1 Å². The predicted octanol–water partition coefficient (Wildman–Crippen LogP) is 3.98. The molecule has 0 aliphatic carbocycles. The molecule has 3 heterocycles. The number of carbonyl (C=O) groups excluding carboxylic acids is 4. The van der Waals surface area contributed by atoms with E-state index in [1.165, 1.54) is 26.5 Å². The number of cyclic esters (lactones) is 1. The van der Waals surface area contributed by atoms with E-state index < -0.39 is 83.4 Å². The number of Topliss-reactive ketones (excluding diaryl/α,β-unsaturated/α-hetero) is 2. The van der Waals surface area contributed by atoms with Gasteiger partial charge in [-0.1, -0.05) is 64.1 Å². The Morgan fingerprint density at radius 1 is 1.02 bits per heavy atom. The number of esters is 1. The molecule has 2 fully saturated rings. The number of hydrogen-bond acceptors (Lipinski definition) is 14. The summed E-state index contributed by atoms with van der Waals surface area (Å²) in [5.74, 6) is -6.06. The van der Waals surface area contributed by atoms with Crippen LogP contribution in [0, 0.1) is 23.7 Å². The van der Waals surface area contributed by atoms with Crippen LogP contribution in [0.25, 0.3) is 11.3 Å². The maximum Gasteiger partial charge on any atom is 0.407 e. The number of aromatic nitrogens is 3. The van der Waals surface area contributed by atoms with Gasteiger partial charge < -0.3 is 44.1 Å². The number of carbonyl (C=O) groups is 4. The summed E-state index contributed by atoms with van der Waals surface area (Å²) in [6.45, 7) is 15.3. The molecule has 330 valence electrons. The molecule has 2 aliphatic rings. The van der Waals surface area contributed by atoms with Crippen LogP contribution in [0.2, 0.25) is 0 Å². The van der Waals surface area contributed by atoms with Gasteiger partial charge in [0.15, 0.2) is 12.1 Å². The van der Waals surface area contributed by atoms with Gasteiger partial charge in [-0.25, -0.2) is 4.79 Å². The Balaban J connectivity index is 1.61. The average molecular weight is 830 g/mol. The maximum atomic E-state index is 14.4. The third-order valence-corrected chi connectivity index (χ3v) is 12.3. The van der Waals surface area contributed by atoms with Gasteiger partial charge in [-0.15, -0.1) is 5.10 Å². The number of ether oxygens (including phenoxy) is 5. The second kappa shape index (κ2) is 20.2. The van der Waals surface area contributed by atoms with Crippen molar-refractivity contribution < 1.29 is 53.1 Å². The van der Waals surface area contributed by atoms with E-state index in [9.17, 15) is 29.4 Å². The molecule has 0 bridgehead atoms. The molecule has 1 amide bonds. The zero-order chi connectivity index (χ0) is 44.0. The van der Waals surface area contributed by atoms with Crippen molar-refractivity contribution in [1.29, 1.82) is 0 Å². The molecule has 2 saturated heterocycles. The Kier molecular flexibility index (Phi) is 16.4. The van der Waals surface area contributed by atoms with E-state index in [4.69, 9.17) is 23.7 Å². The van der Waals surface area contributed by atoms with E-state index in [0.717, 1.165) is 12.0 Å². The molecule has 0 spiro atoms. The highest BCUT2D eigenvalue weighted by molar-refractivity contribution is 6.00. The zero-order valence-electron chi connectivity index (χ0n) is 36.8. The maximum absolute atomic E-state index is 14.4. The standard InChI is InChI=1S/C43H67N5O11/c1-13-29-15-17-30(18-16-29)31-23-48(46-45-31)20-19-44-41(53)59-38-26(5)34(49)24(3)22-42(8,55-12)37(58-40-36(51)32(47(10)11)21-25(4)56-40)27(6)35(50)28(7)39(52)57-33(14-2)43(38,9)54/h15-18,23-28,32-33,36-38,40,51,54H,13-14,19-22H2,1-12H3,(H,44,53)/t24-,25+,26+,27+,28-,32-,33-,36+,37-,38-,40-,42-,43-/m1/s1. The normalized spacial score (nSPS) is 35.2. The highest BCUT2D eigenvalue weighted by Gasteiger charge is 2.53. The zero-order valence-corrected chi connectivity index (χ0v) is 36.8. The van der Waals surface area contributed by atoms with Crippen molar-refractivity contribution in [3.8, 4) is 11.3 Å². The number of rotatable bonds is 11. The first-order valence-corrected chi connectivity index (χ1v) is 20.8. The van der Waals surface area contributed by atoms with Crippen LogP contribution in [0.4, 0.5) is 4.79 Å². The molecule has 59 heavy (non-hydrogen) atoms. The lowest BCUT2D eigenvalue weighted by atomic mass is 9.74.